The van der Waals surface area contributed by atoms with Gasteiger partial charge in [0.2, 0.25) is 11.6 Å². The highest BCUT2D eigenvalue weighted by atomic mass is 16.4. The van der Waals surface area contributed by atoms with E-state index in [4.69, 9.17) is 0 Å². The van der Waals surface area contributed by atoms with Gasteiger partial charge in [-0.05, 0) is 29.5 Å². The predicted octanol–water partition coefficient (Wildman–Crippen LogP) is 5.97. The van der Waals surface area contributed by atoms with Crippen LogP contribution in [0.1, 0.15) is 97.2 Å². The first-order chi connectivity index (χ1) is 17.0. The summed E-state index contributed by atoms with van der Waals surface area (Å²) < 4.78 is 1.87. The molecule has 7 heteroatoms. The monoisotopic (exact) mass is 474 g/mol. The predicted molar refractivity (Wildman–Crippen MR) is 135 cm³/mol. The van der Waals surface area contributed by atoms with E-state index >= 15 is 0 Å². The van der Waals surface area contributed by atoms with E-state index in [0.29, 0.717) is 30.3 Å². The molecule has 1 fully saturated rings. The van der Waals surface area contributed by atoms with Crippen molar-refractivity contribution < 1.29 is 14.7 Å². The molecule has 7 nitrogen and oxygen atoms in total. The summed E-state index contributed by atoms with van der Waals surface area (Å²) in [6.45, 7) is 2.69. The number of Topliss-reactive ketones (excluding diaryl/α,β-unsaturated/α-hetero) is 1. The summed E-state index contributed by atoms with van der Waals surface area (Å²) in [6, 6.07) is 11.2. The lowest BCUT2D eigenvalue weighted by atomic mass is 9.86. The van der Waals surface area contributed by atoms with Gasteiger partial charge in [0.15, 0.2) is 5.69 Å². The highest BCUT2D eigenvalue weighted by molar-refractivity contribution is 5.94. The van der Waals surface area contributed by atoms with E-state index in [1.165, 1.54) is 25.5 Å². The average Bonchev–Trinajstić information content (AvgIpc) is 3.28. The maximum atomic E-state index is 13.0. The number of pyridine rings is 1. The van der Waals surface area contributed by atoms with Crippen LogP contribution in [0.15, 0.2) is 42.6 Å². The number of carboxylic acid groups (broad SMARTS) is 1. The molecular weight excluding hydrogens is 440 g/mol. The number of nitrogens with zero attached hydrogens (tertiary/aromatic N) is 4. The number of aromatic nitrogens is 4. The molecule has 0 amide bonds. The number of rotatable bonds is 11. The summed E-state index contributed by atoms with van der Waals surface area (Å²) in [5.41, 5.74) is 2.44. The molecule has 0 spiro atoms. The largest absolute Gasteiger partial charge is 0.476 e. The Morgan fingerprint density at radius 3 is 2.54 bits per heavy atom. The van der Waals surface area contributed by atoms with Crippen LogP contribution < -0.4 is 0 Å². The van der Waals surface area contributed by atoms with Gasteiger partial charge >= 0.3 is 5.97 Å². The lowest BCUT2D eigenvalue weighted by Gasteiger charge is -2.19. The minimum atomic E-state index is -1.05. The molecule has 0 radical (unpaired) electrons. The van der Waals surface area contributed by atoms with Crippen LogP contribution in [0.5, 0.6) is 0 Å². The molecular formula is C28H34N4O3. The van der Waals surface area contributed by atoms with Crippen LogP contribution in [-0.2, 0) is 13.0 Å². The fraction of sp³-hybridized carbons (Fsp3) is 0.464. The zero-order valence-corrected chi connectivity index (χ0v) is 20.4. The molecule has 0 aliphatic heterocycles. The Morgan fingerprint density at radius 1 is 1.06 bits per heavy atom. The van der Waals surface area contributed by atoms with Gasteiger partial charge in [-0.25, -0.2) is 19.4 Å². The SMILES string of the molecule is CCCCCc1nc(C(=O)CC2CCCCC2)nn1Cc1ccc(-c2cccnc2C(=O)O)cc1. The summed E-state index contributed by atoms with van der Waals surface area (Å²) in [4.78, 5) is 33.1. The van der Waals surface area contributed by atoms with Gasteiger partial charge in [-0.1, -0.05) is 82.2 Å². The van der Waals surface area contributed by atoms with Crippen LogP contribution in [0.4, 0.5) is 0 Å². The Bertz CT molecular complexity index is 1150. The van der Waals surface area contributed by atoms with Crippen molar-refractivity contribution >= 4 is 11.8 Å². The second-order valence-electron chi connectivity index (χ2n) is 9.50. The number of carbonyl (C=O) groups is 2. The molecule has 4 rings (SSSR count). The Balaban J connectivity index is 1.52. The third-order valence-electron chi connectivity index (χ3n) is 6.81. The van der Waals surface area contributed by atoms with Crippen molar-refractivity contribution in [1.82, 2.24) is 19.7 Å². The highest BCUT2D eigenvalue weighted by Gasteiger charge is 2.22. The summed E-state index contributed by atoms with van der Waals surface area (Å²) in [7, 11) is 0. The molecule has 0 atom stereocenters. The Hall–Kier alpha value is -3.35. The first kappa shape index (κ1) is 24.8. The maximum absolute atomic E-state index is 13.0. The lowest BCUT2D eigenvalue weighted by molar-refractivity contribution is 0.0691. The molecule has 0 saturated heterocycles. The molecule has 2 aromatic heterocycles. The normalized spacial score (nSPS) is 14.2. The van der Waals surface area contributed by atoms with Crippen LogP contribution in [0, 0.1) is 5.92 Å². The van der Waals surface area contributed by atoms with Gasteiger partial charge in [0, 0.05) is 24.6 Å². The number of hydrogen-bond donors (Lipinski definition) is 1. The van der Waals surface area contributed by atoms with Crippen LogP contribution >= 0.6 is 0 Å². The topological polar surface area (TPSA) is 98.0 Å². The highest BCUT2D eigenvalue weighted by Crippen LogP contribution is 2.27. The first-order valence-corrected chi connectivity index (χ1v) is 12.8. The second kappa shape index (κ2) is 11.9. The molecule has 0 bridgehead atoms. The summed E-state index contributed by atoms with van der Waals surface area (Å²) in [5, 5.41) is 14.1. The number of unbranched alkanes of at least 4 members (excludes halogenated alkanes) is 2. The third kappa shape index (κ3) is 6.41. The number of ketones is 1. The zero-order chi connectivity index (χ0) is 24.6. The molecule has 0 unspecified atom stereocenters. The first-order valence-electron chi connectivity index (χ1n) is 12.8. The van der Waals surface area contributed by atoms with Crippen LogP contribution in [0.25, 0.3) is 11.1 Å². The second-order valence-corrected chi connectivity index (χ2v) is 9.50. The molecule has 1 saturated carbocycles. The van der Waals surface area contributed by atoms with Gasteiger partial charge in [0.05, 0.1) is 6.54 Å². The summed E-state index contributed by atoms with van der Waals surface area (Å²) in [5.74, 6) is 0.674. The number of carbonyl (C=O) groups excluding carboxylic acids is 1. The molecule has 35 heavy (non-hydrogen) atoms. The number of aryl methyl sites for hydroxylation is 1. The molecule has 1 aliphatic rings. The lowest BCUT2D eigenvalue weighted by Crippen LogP contribution is -2.13. The van der Waals surface area contributed by atoms with Gasteiger partial charge < -0.3 is 5.11 Å². The quantitative estimate of drug-likeness (QED) is 0.271. The molecule has 3 aromatic rings. The van der Waals surface area contributed by atoms with Gasteiger partial charge in [0.1, 0.15) is 5.82 Å². The molecule has 184 valence electrons. The van der Waals surface area contributed by atoms with Crippen molar-refractivity contribution in [1.29, 1.82) is 0 Å². The van der Waals surface area contributed by atoms with E-state index in [1.54, 1.807) is 12.1 Å². The minimum Gasteiger partial charge on any atom is -0.476 e. The zero-order valence-electron chi connectivity index (χ0n) is 20.4. The van der Waals surface area contributed by atoms with Crippen LogP contribution in [-0.4, -0.2) is 36.6 Å². The molecule has 1 N–H and O–H groups in total. The Kier molecular flexibility index (Phi) is 8.40. The van der Waals surface area contributed by atoms with E-state index in [2.05, 4.69) is 22.0 Å². The van der Waals surface area contributed by atoms with Gasteiger partial charge in [0.25, 0.3) is 0 Å². The van der Waals surface area contributed by atoms with Crippen LogP contribution in [0.3, 0.4) is 0 Å². The molecule has 1 aliphatic carbocycles. The van der Waals surface area contributed by atoms with Crippen molar-refractivity contribution in [2.45, 2.75) is 77.7 Å². The summed E-state index contributed by atoms with van der Waals surface area (Å²) >= 11 is 0. The van der Waals surface area contributed by atoms with Crippen molar-refractivity contribution in [2.75, 3.05) is 0 Å². The van der Waals surface area contributed by atoms with E-state index in [9.17, 15) is 14.7 Å². The molecule has 2 heterocycles. The van der Waals surface area contributed by atoms with E-state index in [1.807, 2.05) is 28.9 Å². The van der Waals surface area contributed by atoms with E-state index < -0.39 is 5.97 Å². The fourth-order valence-corrected chi connectivity index (χ4v) is 4.85. The van der Waals surface area contributed by atoms with Crippen molar-refractivity contribution in [3.63, 3.8) is 0 Å². The Labute approximate surface area is 206 Å². The standard InChI is InChI=1S/C28H34N4O3/c1-2-3-5-12-25-30-27(24(33)18-20-9-6-4-7-10-20)31-32(25)19-21-13-15-22(16-14-21)23-11-8-17-29-26(23)28(34)35/h8,11,13-17,20H,2-7,9-10,12,18-19H2,1H3,(H,34,35). The fourth-order valence-electron chi connectivity index (χ4n) is 4.85. The van der Waals surface area contributed by atoms with Crippen molar-refractivity contribution in [3.8, 4) is 11.1 Å². The minimum absolute atomic E-state index is 0.0378. The smallest absolute Gasteiger partial charge is 0.355 e. The maximum Gasteiger partial charge on any atom is 0.355 e. The molecule has 1 aromatic carbocycles. The Morgan fingerprint density at radius 2 is 1.83 bits per heavy atom. The van der Waals surface area contributed by atoms with E-state index in [0.717, 1.165) is 55.5 Å². The number of hydrogen-bond acceptors (Lipinski definition) is 5. The average molecular weight is 475 g/mol. The number of benzene rings is 1. The number of carboxylic acids is 1. The van der Waals surface area contributed by atoms with Crippen molar-refractivity contribution in [2.24, 2.45) is 5.92 Å². The van der Waals surface area contributed by atoms with Gasteiger partial charge in [-0.15, -0.1) is 5.10 Å². The summed E-state index contributed by atoms with van der Waals surface area (Å²) in [6.07, 6.45) is 12.0. The van der Waals surface area contributed by atoms with Crippen molar-refractivity contribution in [3.05, 3.63) is 65.5 Å². The van der Waals surface area contributed by atoms with Crippen LogP contribution in [0.2, 0.25) is 0 Å². The third-order valence-corrected chi connectivity index (χ3v) is 6.81. The van der Waals surface area contributed by atoms with Gasteiger partial charge in [-0.3, -0.25) is 4.79 Å². The number of aromatic carboxylic acids is 1. The van der Waals surface area contributed by atoms with E-state index in [-0.39, 0.29) is 11.5 Å². The van der Waals surface area contributed by atoms with Gasteiger partial charge in [-0.2, -0.15) is 0 Å².